The third-order valence-corrected chi connectivity index (χ3v) is 6.45. The van der Waals surface area contributed by atoms with Crippen LogP contribution in [0.25, 0.3) is 0 Å². The Morgan fingerprint density at radius 1 is 0.970 bits per heavy atom. The third-order valence-electron chi connectivity index (χ3n) is 4.94. The predicted molar refractivity (Wildman–Crippen MR) is 132 cm³/mol. The van der Waals surface area contributed by atoms with E-state index in [1.807, 2.05) is 13.8 Å². The summed E-state index contributed by atoms with van der Waals surface area (Å²) < 4.78 is 10.7. The molecular weight excluding hydrogens is 485 g/mol. The highest BCUT2D eigenvalue weighted by atomic mass is 35.5. The van der Waals surface area contributed by atoms with Gasteiger partial charge in [0.15, 0.2) is 16.6 Å². The zero-order chi connectivity index (χ0) is 24.1. The summed E-state index contributed by atoms with van der Waals surface area (Å²) in [4.78, 5) is 34.4. The molecule has 3 aromatic rings. The van der Waals surface area contributed by atoms with Gasteiger partial charge in [-0.15, -0.1) is 0 Å². The molecule has 0 saturated heterocycles. The molecule has 2 amide bonds. The van der Waals surface area contributed by atoms with E-state index >= 15 is 0 Å². The van der Waals surface area contributed by atoms with Crippen molar-refractivity contribution in [1.82, 2.24) is 9.88 Å². The normalized spacial score (nSPS) is 10.6. The molecule has 3 rings (SSSR count). The quantitative estimate of drug-likeness (QED) is 0.377. The maximum atomic E-state index is 13.7. The zero-order valence-electron chi connectivity index (χ0n) is 18.6. The predicted octanol–water partition coefficient (Wildman–Crippen LogP) is 5.93. The van der Waals surface area contributed by atoms with Crippen molar-refractivity contribution in [3.05, 3.63) is 63.1 Å². The average Bonchev–Trinajstić information content (AvgIpc) is 3.29. The number of thiazole rings is 1. The number of rotatable bonds is 8. The van der Waals surface area contributed by atoms with E-state index in [2.05, 4.69) is 4.98 Å². The summed E-state index contributed by atoms with van der Waals surface area (Å²) in [5, 5.41) is 0.929. The van der Waals surface area contributed by atoms with Crippen LogP contribution >= 0.6 is 34.5 Å². The molecule has 0 N–H and O–H groups in total. The molecule has 174 valence electrons. The number of hydrogen-bond acceptors (Lipinski definition) is 6. The highest BCUT2D eigenvalue weighted by Gasteiger charge is 2.27. The fourth-order valence-corrected chi connectivity index (χ4v) is 4.59. The van der Waals surface area contributed by atoms with Gasteiger partial charge in [-0.3, -0.25) is 14.5 Å². The molecule has 0 fully saturated rings. The SMILES string of the molecule is CCN(CC)C(=O)c1cnc(N(C(=O)c2ccc(Cl)cc2Cl)c2ccc(OC)c(OC)c2)s1. The van der Waals surface area contributed by atoms with Crippen molar-refractivity contribution in [2.24, 2.45) is 0 Å². The van der Waals surface area contributed by atoms with Gasteiger partial charge in [0, 0.05) is 24.2 Å². The number of nitrogens with zero attached hydrogens (tertiary/aromatic N) is 3. The van der Waals surface area contributed by atoms with Crippen LogP contribution in [0, 0.1) is 0 Å². The van der Waals surface area contributed by atoms with E-state index in [1.165, 1.54) is 31.4 Å². The van der Waals surface area contributed by atoms with Gasteiger partial charge in [0.1, 0.15) is 4.88 Å². The van der Waals surface area contributed by atoms with Crippen molar-refractivity contribution in [2.75, 3.05) is 32.2 Å². The number of methoxy groups -OCH3 is 2. The van der Waals surface area contributed by atoms with Gasteiger partial charge in [0.05, 0.1) is 36.7 Å². The Kier molecular flexibility index (Phi) is 8.18. The fraction of sp³-hybridized carbons (Fsp3) is 0.261. The van der Waals surface area contributed by atoms with Gasteiger partial charge in [-0.2, -0.15) is 0 Å². The topological polar surface area (TPSA) is 72.0 Å². The van der Waals surface area contributed by atoms with Crippen molar-refractivity contribution in [3.63, 3.8) is 0 Å². The fourth-order valence-electron chi connectivity index (χ4n) is 3.20. The highest BCUT2D eigenvalue weighted by Crippen LogP contribution is 2.38. The third kappa shape index (κ3) is 5.24. The Morgan fingerprint density at radius 2 is 1.67 bits per heavy atom. The van der Waals surface area contributed by atoms with Crippen LogP contribution in [-0.4, -0.2) is 49.0 Å². The summed E-state index contributed by atoms with van der Waals surface area (Å²) in [7, 11) is 3.04. The van der Waals surface area contributed by atoms with Crippen LogP contribution in [0.4, 0.5) is 10.8 Å². The standard InChI is InChI=1S/C23H23Cl2N3O4S/c1-5-27(6-2)22(30)20-13-26-23(33-20)28(15-8-10-18(31-3)19(12-15)32-4)21(29)16-9-7-14(24)11-17(16)25/h7-13H,5-6H2,1-4H3. The van der Waals surface area contributed by atoms with Crippen molar-refractivity contribution in [3.8, 4) is 11.5 Å². The van der Waals surface area contributed by atoms with E-state index in [4.69, 9.17) is 32.7 Å². The van der Waals surface area contributed by atoms with E-state index in [0.29, 0.717) is 45.3 Å². The van der Waals surface area contributed by atoms with Crippen LogP contribution in [0.1, 0.15) is 33.9 Å². The Labute approximate surface area is 206 Å². The molecule has 10 heteroatoms. The minimum absolute atomic E-state index is 0.145. The summed E-state index contributed by atoms with van der Waals surface area (Å²) in [6.07, 6.45) is 1.48. The molecule has 0 saturated carbocycles. The Morgan fingerprint density at radius 3 is 2.27 bits per heavy atom. The van der Waals surface area contributed by atoms with E-state index in [9.17, 15) is 9.59 Å². The van der Waals surface area contributed by atoms with E-state index in [1.54, 1.807) is 35.2 Å². The number of benzene rings is 2. The second-order valence-electron chi connectivity index (χ2n) is 6.79. The van der Waals surface area contributed by atoms with Gasteiger partial charge < -0.3 is 14.4 Å². The molecule has 0 unspecified atom stereocenters. The minimum Gasteiger partial charge on any atom is -0.493 e. The van der Waals surface area contributed by atoms with Crippen LogP contribution in [0.5, 0.6) is 11.5 Å². The van der Waals surface area contributed by atoms with Gasteiger partial charge in [0.2, 0.25) is 0 Å². The smallest absolute Gasteiger partial charge is 0.266 e. The average molecular weight is 508 g/mol. The van der Waals surface area contributed by atoms with Crippen molar-refractivity contribution in [2.45, 2.75) is 13.8 Å². The number of ether oxygens (including phenoxy) is 2. The van der Waals surface area contributed by atoms with Crippen molar-refractivity contribution >= 4 is 57.2 Å². The van der Waals surface area contributed by atoms with Crippen LogP contribution in [0.15, 0.2) is 42.6 Å². The zero-order valence-corrected chi connectivity index (χ0v) is 20.9. The van der Waals surface area contributed by atoms with Gasteiger partial charge in [-0.25, -0.2) is 4.98 Å². The van der Waals surface area contributed by atoms with Gasteiger partial charge in [-0.05, 0) is 44.2 Å². The number of anilines is 2. The van der Waals surface area contributed by atoms with Crippen LogP contribution < -0.4 is 14.4 Å². The monoisotopic (exact) mass is 507 g/mol. The number of hydrogen-bond donors (Lipinski definition) is 0. The van der Waals surface area contributed by atoms with E-state index in [0.717, 1.165) is 11.3 Å². The number of amides is 2. The first kappa shape index (κ1) is 24.8. The van der Waals surface area contributed by atoms with Gasteiger partial charge >= 0.3 is 0 Å². The molecule has 2 aromatic carbocycles. The first-order chi connectivity index (χ1) is 15.8. The van der Waals surface area contributed by atoms with Crippen LogP contribution in [-0.2, 0) is 0 Å². The molecule has 7 nitrogen and oxygen atoms in total. The number of carbonyl (C=O) groups excluding carboxylic acids is 2. The number of halogens is 2. The summed E-state index contributed by atoms with van der Waals surface area (Å²) >= 11 is 13.5. The molecule has 0 spiro atoms. The molecular formula is C23H23Cl2N3O4S. The maximum Gasteiger partial charge on any atom is 0.266 e. The van der Waals surface area contributed by atoms with E-state index in [-0.39, 0.29) is 16.5 Å². The molecule has 0 radical (unpaired) electrons. The van der Waals surface area contributed by atoms with Gasteiger partial charge in [0.25, 0.3) is 11.8 Å². The Hall–Kier alpha value is -2.81. The number of carbonyl (C=O) groups is 2. The van der Waals surface area contributed by atoms with E-state index < -0.39 is 5.91 Å². The molecule has 0 aliphatic rings. The molecule has 0 aliphatic heterocycles. The molecule has 0 bridgehead atoms. The Balaban J connectivity index is 2.12. The summed E-state index contributed by atoms with van der Waals surface area (Å²) in [5.41, 5.74) is 0.711. The van der Waals surface area contributed by atoms with Gasteiger partial charge in [-0.1, -0.05) is 34.5 Å². The summed E-state index contributed by atoms with van der Waals surface area (Å²) in [5.74, 6) is 0.369. The molecule has 0 aliphatic carbocycles. The lowest BCUT2D eigenvalue weighted by atomic mass is 10.1. The summed E-state index contributed by atoms with van der Waals surface area (Å²) in [6, 6.07) is 9.69. The maximum absolute atomic E-state index is 13.7. The summed E-state index contributed by atoms with van der Waals surface area (Å²) in [6.45, 7) is 4.96. The lowest BCUT2D eigenvalue weighted by molar-refractivity contribution is 0.0777. The molecule has 0 atom stereocenters. The second kappa shape index (κ2) is 10.9. The lowest BCUT2D eigenvalue weighted by Gasteiger charge is -2.22. The minimum atomic E-state index is -0.430. The Bertz CT molecular complexity index is 1160. The van der Waals surface area contributed by atoms with Crippen LogP contribution in [0.2, 0.25) is 10.0 Å². The lowest BCUT2D eigenvalue weighted by Crippen LogP contribution is -2.29. The second-order valence-corrected chi connectivity index (χ2v) is 8.64. The highest BCUT2D eigenvalue weighted by molar-refractivity contribution is 7.17. The first-order valence-corrected chi connectivity index (χ1v) is 11.7. The largest absolute Gasteiger partial charge is 0.493 e. The molecule has 33 heavy (non-hydrogen) atoms. The molecule has 1 heterocycles. The van der Waals surface area contributed by atoms with Crippen molar-refractivity contribution < 1.29 is 19.1 Å². The first-order valence-electron chi connectivity index (χ1n) is 10.1. The van der Waals surface area contributed by atoms with Crippen molar-refractivity contribution in [1.29, 1.82) is 0 Å². The van der Waals surface area contributed by atoms with Crippen LogP contribution in [0.3, 0.4) is 0 Å². The molecule has 1 aromatic heterocycles. The number of aromatic nitrogens is 1.